The number of allylic oxidation sites excluding steroid dienone is 1. The van der Waals surface area contributed by atoms with Gasteiger partial charge in [0.2, 0.25) is 5.91 Å². The molecule has 1 aromatic heterocycles. The molecule has 1 aliphatic carbocycles. The third kappa shape index (κ3) is 4.55. The molecule has 1 fully saturated rings. The predicted octanol–water partition coefficient (Wildman–Crippen LogP) is 3.80. The topological polar surface area (TPSA) is 59.8 Å². The van der Waals surface area contributed by atoms with Crippen molar-refractivity contribution in [2.45, 2.75) is 56.8 Å². The van der Waals surface area contributed by atoms with Crippen LogP contribution in [0.15, 0.2) is 42.1 Å². The zero-order valence-corrected chi connectivity index (χ0v) is 16.5. The number of benzene rings is 1. The number of nitrogens with zero attached hydrogens (tertiary/aromatic N) is 3. The summed E-state index contributed by atoms with van der Waals surface area (Å²) >= 11 is 1.42. The molecule has 1 N–H and O–H groups in total. The van der Waals surface area contributed by atoms with Crippen LogP contribution in [0.1, 0.15) is 39.2 Å². The van der Waals surface area contributed by atoms with E-state index in [9.17, 15) is 4.79 Å². The first-order chi connectivity index (χ1) is 12.4. The van der Waals surface area contributed by atoms with Crippen LogP contribution in [0.4, 0.5) is 0 Å². The van der Waals surface area contributed by atoms with Gasteiger partial charge in [0, 0.05) is 18.2 Å². The smallest absolute Gasteiger partial charge is 0.230 e. The molecule has 26 heavy (non-hydrogen) atoms. The van der Waals surface area contributed by atoms with E-state index in [1.165, 1.54) is 17.3 Å². The number of nitrogens with one attached hydrogen (secondary N) is 1. The van der Waals surface area contributed by atoms with E-state index in [1.54, 1.807) is 0 Å². The van der Waals surface area contributed by atoms with Crippen molar-refractivity contribution in [2.24, 2.45) is 0 Å². The van der Waals surface area contributed by atoms with Crippen molar-refractivity contribution < 1.29 is 4.79 Å². The monoisotopic (exact) mass is 370 g/mol. The van der Waals surface area contributed by atoms with Gasteiger partial charge in [-0.1, -0.05) is 62.9 Å². The Morgan fingerprint density at radius 2 is 2.00 bits per heavy atom. The Labute approximate surface area is 159 Å². The van der Waals surface area contributed by atoms with Gasteiger partial charge in [0.15, 0.2) is 11.0 Å². The molecule has 138 valence electrons. The first-order valence-electron chi connectivity index (χ1n) is 8.95. The minimum Gasteiger partial charge on any atom is -0.353 e. The maximum absolute atomic E-state index is 11.9. The van der Waals surface area contributed by atoms with Gasteiger partial charge in [0.05, 0.1) is 5.75 Å². The lowest BCUT2D eigenvalue weighted by atomic mass is 9.87. The molecule has 1 heterocycles. The summed E-state index contributed by atoms with van der Waals surface area (Å²) in [6.45, 7) is 11.0. The molecular weight excluding hydrogens is 344 g/mol. The third-order valence-electron chi connectivity index (χ3n) is 4.31. The summed E-state index contributed by atoms with van der Waals surface area (Å²) in [5, 5.41) is 12.4. The van der Waals surface area contributed by atoms with E-state index in [2.05, 4.69) is 67.1 Å². The number of hydrogen-bond donors (Lipinski definition) is 1. The van der Waals surface area contributed by atoms with E-state index < -0.39 is 0 Å². The quantitative estimate of drug-likeness (QED) is 0.595. The summed E-state index contributed by atoms with van der Waals surface area (Å²) in [4.78, 5) is 11.9. The number of carbonyl (C=O) groups excluding carboxylic acids is 1. The molecule has 0 saturated heterocycles. The lowest BCUT2D eigenvalue weighted by Gasteiger charge is -2.19. The van der Waals surface area contributed by atoms with Crippen LogP contribution >= 0.6 is 11.8 Å². The Balaban J connectivity index is 1.77. The third-order valence-corrected chi connectivity index (χ3v) is 5.28. The maximum atomic E-state index is 11.9. The van der Waals surface area contributed by atoms with Crippen LogP contribution in [-0.4, -0.2) is 32.5 Å². The Morgan fingerprint density at radius 3 is 2.58 bits per heavy atom. The van der Waals surface area contributed by atoms with E-state index in [-0.39, 0.29) is 11.3 Å². The second-order valence-electron chi connectivity index (χ2n) is 7.66. The Hall–Kier alpha value is -2.08. The number of amides is 1. The molecule has 0 bridgehead atoms. The van der Waals surface area contributed by atoms with Gasteiger partial charge in [0.25, 0.3) is 0 Å². The van der Waals surface area contributed by atoms with Crippen LogP contribution in [0.2, 0.25) is 0 Å². The van der Waals surface area contributed by atoms with E-state index in [0.29, 0.717) is 18.3 Å². The fraction of sp³-hybridized carbons (Fsp3) is 0.450. The van der Waals surface area contributed by atoms with Crippen molar-refractivity contribution in [3.05, 3.63) is 42.5 Å². The van der Waals surface area contributed by atoms with E-state index in [4.69, 9.17) is 0 Å². The van der Waals surface area contributed by atoms with Crippen molar-refractivity contribution in [3.63, 3.8) is 0 Å². The molecule has 2 aromatic rings. The largest absolute Gasteiger partial charge is 0.353 e. The molecule has 1 amide bonds. The average molecular weight is 371 g/mol. The summed E-state index contributed by atoms with van der Waals surface area (Å²) in [6, 6.07) is 8.82. The van der Waals surface area contributed by atoms with Gasteiger partial charge in [0.1, 0.15) is 0 Å². The van der Waals surface area contributed by atoms with Crippen molar-refractivity contribution in [1.29, 1.82) is 0 Å². The summed E-state index contributed by atoms with van der Waals surface area (Å²) < 4.78 is 2.01. The molecule has 5 nitrogen and oxygen atoms in total. The summed E-state index contributed by atoms with van der Waals surface area (Å²) in [5.74, 6) is 1.21. The average Bonchev–Trinajstić information content (AvgIpc) is 3.31. The highest BCUT2D eigenvalue weighted by atomic mass is 32.2. The van der Waals surface area contributed by atoms with Gasteiger partial charge in [-0.25, -0.2) is 0 Å². The minimum absolute atomic E-state index is 0.0572. The molecule has 0 spiro atoms. The molecular formula is C20H26N4OS. The Morgan fingerprint density at radius 1 is 1.31 bits per heavy atom. The Kier molecular flexibility index (Phi) is 5.51. The number of aromatic nitrogens is 3. The van der Waals surface area contributed by atoms with E-state index >= 15 is 0 Å². The summed E-state index contributed by atoms with van der Waals surface area (Å²) in [5.41, 5.74) is 2.41. The molecule has 1 aliphatic rings. The second-order valence-corrected chi connectivity index (χ2v) is 8.61. The van der Waals surface area contributed by atoms with Crippen LogP contribution in [0.5, 0.6) is 0 Å². The van der Waals surface area contributed by atoms with Gasteiger partial charge >= 0.3 is 0 Å². The first-order valence-corrected chi connectivity index (χ1v) is 9.94. The molecule has 0 atom stereocenters. The standard InChI is InChI=1S/C20H26N4OS/c1-5-12-24-18(14-6-8-15(9-7-14)20(2,3)4)22-23-19(24)26-13-17(25)21-16-10-11-16/h5-9,16H,1,10-13H2,2-4H3,(H,21,25). The van der Waals surface area contributed by atoms with Crippen molar-refractivity contribution >= 4 is 17.7 Å². The number of thioether (sulfide) groups is 1. The highest BCUT2D eigenvalue weighted by molar-refractivity contribution is 7.99. The molecule has 1 aromatic carbocycles. The van der Waals surface area contributed by atoms with Crippen LogP contribution in [0.25, 0.3) is 11.4 Å². The Bertz CT molecular complexity index is 785. The second kappa shape index (κ2) is 7.66. The number of hydrogen-bond acceptors (Lipinski definition) is 4. The van der Waals surface area contributed by atoms with Crippen molar-refractivity contribution in [3.8, 4) is 11.4 Å². The zero-order chi connectivity index (χ0) is 18.7. The molecule has 0 unspecified atom stereocenters. The van der Waals surface area contributed by atoms with Crippen LogP contribution in [-0.2, 0) is 16.8 Å². The molecule has 6 heteroatoms. The SMILES string of the molecule is C=CCn1c(SCC(=O)NC2CC2)nnc1-c1ccc(C(C)(C)C)cc1. The van der Waals surface area contributed by atoms with E-state index in [0.717, 1.165) is 29.4 Å². The summed E-state index contributed by atoms with van der Waals surface area (Å²) in [6.07, 6.45) is 4.01. The predicted molar refractivity (Wildman–Crippen MR) is 106 cm³/mol. The highest BCUT2D eigenvalue weighted by Gasteiger charge is 2.23. The fourth-order valence-corrected chi connectivity index (χ4v) is 3.41. The van der Waals surface area contributed by atoms with Crippen molar-refractivity contribution in [1.82, 2.24) is 20.1 Å². The fourth-order valence-electron chi connectivity index (χ4n) is 2.65. The minimum atomic E-state index is 0.0572. The van der Waals surface area contributed by atoms with Crippen molar-refractivity contribution in [2.75, 3.05) is 5.75 Å². The van der Waals surface area contributed by atoms with Crippen LogP contribution < -0.4 is 5.32 Å². The lowest BCUT2D eigenvalue weighted by molar-refractivity contribution is -0.118. The van der Waals surface area contributed by atoms with Gasteiger partial charge in [-0.3, -0.25) is 9.36 Å². The summed E-state index contributed by atoms with van der Waals surface area (Å²) in [7, 11) is 0. The highest BCUT2D eigenvalue weighted by Crippen LogP contribution is 2.28. The van der Waals surface area contributed by atoms with E-state index in [1.807, 2.05) is 10.6 Å². The van der Waals surface area contributed by atoms with Crippen LogP contribution in [0, 0.1) is 0 Å². The van der Waals surface area contributed by atoms with Crippen LogP contribution in [0.3, 0.4) is 0 Å². The zero-order valence-electron chi connectivity index (χ0n) is 15.7. The van der Waals surface area contributed by atoms with Gasteiger partial charge in [-0.05, 0) is 23.8 Å². The normalized spacial score (nSPS) is 14.3. The molecule has 0 radical (unpaired) electrons. The molecule has 1 saturated carbocycles. The number of carbonyl (C=O) groups is 1. The lowest BCUT2D eigenvalue weighted by Crippen LogP contribution is -2.27. The number of rotatable bonds is 7. The van der Waals surface area contributed by atoms with Gasteiger partial charge < -0.3 is 5.32 Å². The maximum Gasteiger partial charge on any atom is 0.230 e. The van der Waals surface area contributed by atoms with Gasteiger partial charge in [-0.15, -0.1) is 16.8 Å². The van der Waals surface area contributed by atoms with Gasteiger partial charge in [-0.2, -0.15) is 0 Å². The molecule has 3 rings (SSSR count). The molecule has 0 aliphatic heterocycles. The first kappa shape index (κ1) is 18.7.